The summed E-state index contributed by atoms with van der Waals surface area (Å²) >= 11 is 1.89. The van der Waals surface area contributed by atoms with Crippen LogP contribution in [0.25, 0.3) is 0 Å². The van der Waals surface area contributed by atoms with Gasteiger partial charge in [0, 0.05) is 17.9 Å². The number of fused-ring (bicyclic) bond motifs is 1. The lowest BCUT2D eigenvalue weighted by molar-refractivity contribution is 0.0646. The lowest BCUT2D eigenvalue weighted by Gasteiger charge is -2.31. The van der Waals surface area contributed by atoms with Crippen molar-refractivity contribution in [2.24, 2.45) is 0 Å². The fraction of sp³-hybridized carbons (Fsp3) is 0.611. The summed E-state index contributed by atoms with van der Waals surface area (Å²) in [7, 11) is 0. The number of carbonyl (C=O) groups is 1. The summed E-state index contributed by atoms with van der Waals surface area (Å²) in [6.07, 6.45) is 2.43. The third-order valence-corrected chi connectivity index (χ3v) is 5.71. The van der Waals surface area contributed by atoms with E-state index in [9.17, 15) is 4.79 Å². The Labute approximate surface area is 153 Å². The molecule has 0 fully saturated rings. The molecule has 0 unspecified atom stereocenters. The van der Waals surface area contributed by atoms with Crippen LogP contribution < -0.4 is 0 Å². The van der Waals surface area contributed by atoms with Crippen LogP contribution in [0.5, 0.6) is 0 Å². The van der Waals surface area contributed by atoms with E-state index >= 15 is 0 Å². The van der Waals surface area contributed by atoms with Crippen molar-refractivity contribution in [3.63, 3.8) is 0 Å². The minimum absolute atomic E-state index is 0.0633. The molecule has 1 atom stereocenters. The van der Waals surface area contributed by atoms with Gasteiger partial charge in [0.25, 0.3) is 5.91 Å². The predicted molar refractivity (Wildman–Crippen MR) is 98.7 cm³/mol. The van der Waals surface area contributed by atoms with E-state index in [0.29, 0.717) is 18.8 Å². The van der Waals surface area contributed by atoms with Crippen molar-refractivity contribution in [3.05, 3.63) is 34.8 Å². The molecule has 136 valence electrons. The maximum absolute atomic E-state index is 12.9. The van der Waals surface area contributed by atoms with Crippen LogP contribution in [-0.4, -0.2) is 37.9 Å². The average molecular weight is 362 g/mol. The molecule has 2 aromatic rings. The van der Waals surface area contributed by atoms with Gasteiger partial charge in [0.1, 0.15) is 11.6 Å². The van der Waals surface area contributed by atoms with Crippen LogP contribution in [0.1, 0.15) is 66.3 Å². The van der Waals surface area contributed by atoms with Crippen LogP contribution in [0.2, 0.25) is 0 Å². The Morgan fingerprint density at radius 3 is 2.96 bits per heavy atom. The number of aromatic nitrogens is 3. The van der Waals surface area contributed by atoms with Crippen LogP contribution in [0.4, 0.5) is 0 Å². The van der Waals surface area contributed by atoms with Gasteiger partial charge in [-0.3, -0.25) is 4.79 Å². The summed E-state index contributed by atoms with van der Waals surface area (Å²) in [4.78, 5) is 14.7. The highest BCUT2D eigenvalue weighted by Crippen LogP contribution is 2.25. The summed E-state index contributed by atoms with van der Waals surface area (Å²) in [6, 6.07) is 2.08. The molecule has 25 heavy (non-hydrogen) atoms. The van der Waals surface area contributed by atoms with Gasteiger partial charge in [-0.05, 0) is 39.0 Å². The first-order chi connectivity index (χ1) is 12.0. The third kappa shape index (κ3) is 3.76. The summed E-state index contributed by atoms with van der Waals surface area (Å²) in [6.45, 7) is 9.29. The predicted octanol–water partition coefficient (Wildman–Crippen LogP) is 3.74. The van der Waals surface area contributed by atoms with Crippen molar-refractivity contribution < 1.29 is 9.21 Å². The maximum Gasteiger partial charge on any atom is 0.290 e. The van der Waals surface area contributed by atoms with Crippen LogP contribution >= 0.6 is 11.8 Å². The van der Waals surface area contributed by atoms with E-state index in [4.69, 9.17) is 4.42 Å². The first-order valence-electron chi connectivity index (χ1n) is 8.88. The van der Waals surface area contributed by atoms with E-state index in [1.165, 1.54) is 12.8 Å². The number of hydrogen-bond acceptors (Lipinski definition) is 5. The van der Waals surface area contributed by atoms with Crippen molar-refractivity contribution in [2.75, 3.05) is 12.3 Å². The minimum Gasteiger partial charge on any atom is -0.456 e. The molecule has 7 heteroatoms. The second-order valence-corrected chi connectivity index (χ2v) is 7.77. The zero-order valence-electron chi connectivity index (χ0n) is 15.4. The molecule has 0 saturated heterocycles. The van der Waals surface area contributed by atoms with E-state index in [2.05, 4.69) is 28.6 Å². The van der Waals surface area contributed by atoms with E-state index in [-0.39, 0.29) is 11.9 Å². The summed E-state index contributed by atoms with van der Waals surface area (Å²) in [5.41, 5.74) is 1.12. The average Bonchev–Trinajstić information content (AvgIpc) is 3.14. The molecule has 0 spiro atoms. The number of carbonyl (C=O) groups excluding carboxylic acids is 1. The topological polar surface area (TPSA) is 64.2 Å². The Kier molecular flexibility index (Phi) is 5.51. The quantitative estimate of drug-likeness (QED) is 0.733. The summed E-state index contributed by atoms with van der Waals surface area (Å²) in [5, 5.41) is 8.33. The molecule has 2 aromatic heterocycles. The van der Waals surface area contributed by atoms with Gasteiger partial charge in [0.15, 0.2) is 11.6 Å². The number of unbranched alkanes of at least 4 members (excludes halogenated alkanes) is 1. The van der Waals surface area contributed by atoms with E-state index in [1.54, 1.807) is 4.90 Å². The number of hydrogen-bond donors (Lipinski definition) is 0. The molecule has 0 aliphatic carbocycles. The van der Waals surface area contributed by atoms with E-state index in [1.807, 2.05) is 31.7 Å². The molecule has 0 aromatic carbocycles. The van der Waals surface area contributed by atoms with Crippen LogP contribution in [0.15, 0.2) is 10.5 Å². The van der Waals surface area contributed by atoms with Crippen LogP contribution in [0, 0.1) is 13.8 Å². The number of aryl methyl sites for hydroxylation is 2. The van der Waals surface area contributed by atoms with Gasteiger partial charge < -0.3 is 13.9 Å². The van der Waals surface area contributed by atoms with Crippen molar-refractivity contribution in [1.29, 1.82) is 0 Å². The van der Waals surface area contributed by atoms with Gasteiger partial charge in [-0.2, -0.15) is 11.8 Å². The molecule has 3 heterocycles. The maximum atomic E-state index is 12.9. The Bertz CT molecular complexity index is 752. The summed E-state index contributed by atoms with van der Waals surface area (Å²) in [5.74, 6) is 4.98. The highest BCUT2D eigenvalue weighted by molar-refractivity contribution is 7.98. The molecule has 0 bridgehead atoms. The largest absolute Gasteiger partial charge is 0.456 e. The van der Waals surface area contributed by atoms with Gasteiger partial charge in [-0.1, -0.05) is 13.3 Å². The Hall–Kier alpha value is -1.76. The smallest absolute Gasteiger partial charge is 0.290 e. The molecule has 1 amide bonds. The van der Waals surface area contributed by atoms with Gasteiger partial charge in [-0.15, -0.1) is 10.2 Å². The molecule has 0 N–H and O–H groups in total. The van der Waals surface area contributed by atoms with Gasteiger partial charge in [0.2, 0.25) is 0 Å². The second-order valence-electron chi connectivity index (χ2n) is 6.67. The molecule has 3 rings (SSSR count). The molecular formula is C18H26N4O2S. The number of amides is 1. The third-order valence-electron chi connectivity index (χ3n) is 4.61. The van der Waals surface area contributed by atoms with Crippen molar-refractivity contribution in [1.82, 2.24) is 19.7 Å². The van der Waals surface area contributed by atoms with Gasteiger partial charge >= 0.3 is 0 Å². The number of rotatable bonds is 6. The fourth-order valence-corrected chi connectivity index (χ4v) is 4.38. The SMILES string of the molecule is CCCCSCc1cc(C(=O)N2Cc3nnc(C)n3[C@H](C)C2)oc1C. The Morgan fingerprint density at radius 2 is 2.20 bits per heavy atom. The molecular weight excluding hydrogens is 336 g/mol. The van der Waals surface area contributed by atoms with E-state index < -0.39 is 0 Å². The fourth-order valence-electron chi connectivity index (χ4n) is 3.24. The Morgan fingerprint density at radius 1 is 1.40 bits per heavy atom. The van der Waals surface area contributed by atoms with Crippen LogP contribution in [-0.2, 0) is 12.3 Å². The first-order valence-corrected chi connectivity index (χ1v) is 10.0. The standard InChI is InChI=1S/C18H26N4O2S/c1-5-6-7-25-11-15-8-16(24-13(15)3)18(23)21-9-12(2)22-14(4)19-20-17(22)10-21/h8,12H,5-7,9-11H2,1-4H3/t12-/m1/s1. The minimum atomic E-state index is -0.0633. The second kappa shape index (κ2) is 7.64. The first kappa shape index (κ1) is 18.0. The zero-order chi connectivity index (χ0) is 18.0. The molecule has 0 radical (unpaired) electrons. The number of thioether (sulfide) groups is 1. The monoisotopic (exact) mass is 362 g/mol. The highest BCUT2D eigenvalue weighted by atomic mass is 32.2. The normalized spacial score (nSPS) is 17.0. The van der Waals surface area contributed by atoms with Gasteiger partial charge in [-0.25, -0.2) is 0 Å². The highest BCUT2D eigenvalue weighted by Gasteiger charge is 2.30. The number of nitrogens with zero attached hydrogens (tertiary/aromatic N) is 4. The lowest BCUT2D eigenvalue weighted by Crippen LogP contribution is -2.40. The van der Waals surface area contributed by atoms with Gasteiger partial charge in [0.05, 0.1) is 12.6 Å². The van der Waals surface area contributed by atoms with Crippen molar-refractivity contribution in [3.8, 4) is 0 Å². The molecule has 6 nitrogen and oxygen atoms in total. The molecule has 1 aliphatic rings. The van der Waals surface area contributed by atoms with Crippen LogP contribution in [0.3, 0.4) is 0 Å². The summed E-state index contributed by atoms with van der Waals surface area (Å²) < 4.78 is 7.87. The Balaban J connectivity index is 1.69. The van der Waals surface area contributed by atoms with Crippen molar-refractivity contribution >= 4 is 17.7 Å². The van der Waals surface area contributed by atoms with Crippen molar-refractivity contribution in [2.45, 2.75) is 58.9 Å². The molecule has 0 saturated carbocycles. The number of furan rings is 1. The molecule has 1 aliphatic heterocycles. The zero-order valence-corrected chi connectivity index (χ0v) is 16.2. The lowest BCUT2D eigenvalue weighted by atomic mass is 10.2. The van der Waals surface area contributed by atoms with E-state index in [0.717, 1.165) is 34.5 Å².